The quantitative estimate of drug-likeness (QED) is 0.773. The highest BCUT2D eigenvalue weighted by molar-refractivity contribution is 5.45. The van der Waals surface area contributed by atoms with Crippen LogP contribution in [0, 0.1) is 18.7 Å². The Kier molecular flexibility index (Phi) is 2.71. The molecule has 0 amide bonds. The summed E-state index contributed by atoms with van der Waals surface area (Å²) in [5, 5.41) is 3.26. The van der Waals surface area contributed by atoms with Crippen LogP contribution < -0.4 is 5.32 Å². The van der Waals surface area contributed by atoms with Crippen LogP contribution in [0.15, 0.2) is 18.2 Å². The van der Waals surface area contributed by atoms with Crippen LogP contribution in [-0.4, -0.2) is 6.54 Å². The monoisotopic (exact) mass is 193 g/mol. The number of halogens is 1. The van der Waals surface area contributed by atoms with Crippen LogP contribution in [0.4, 0.5) is 10.1 Å². The standard InChI is InChI=1S/C12H16FN/c1-9-6-11(13)8-12(7-9)14-5-4-10-2-3-10/h6-8,10,14H,2-5H2,1H3. The molecule has 1 saturated carbocycles. The number of benzene rings is 1. The molecule has 1 nitrogen and oxygen atoms in total. The molecule has 0 saturated heterocycles. The molecule has 0 bridgehead atoms. The lowest BCUT2D eigenvalue weighted by Gasteiger charge is -2.06. The second kappa shape index (κ2) is 3.99. The van der Waals surface area contributed by atoms with Crippen LogP contribution in [0.1, 0.15) is 24.8 Å². The summed E-state index contributed by atoms with van der Waals surface area (Å²) in [4.78, 5) is 0. The van der Waals surface area contributed by atoms with Crippen LogP contribution in [0.25, 0.3) is 0 Å². The number of aryl methyl sites for hydroxylation is 1. The summed E-state index contributed by atoms with van der Waals surface area (Å²) in [6, 6.07) is 5.09. The van der Waals surface area contributed by atoms with Crippen molar-refractivity contribution in [3.8, 4) is 0 Å². The first-order valence-corrected chi connectivity index (χ1v) is 5.25. The number of hydrogen-bond donors (Lipinski definition) is 1. The summed E-state index contributed by atoms with van der Waals surface area (Å²) in [5.41, 5.74) is 1.88. The third-order valence-electron chi connectivity index (χ3n) is 2.62. The zero-order valence-corrected chi connectivity index (χ0v) is 8.52. The minimum Gasteiger partial charge on any atom is -0.385 e. The molecule has 1 aliphatic rings. The van der Waals surface area contributed by atoms with Gasteiger partial charge in [0.2, 0.25) is 0 Å². The van der Waals surface area contributed by atoms with E-state index in [4.69, 9.17) is 0 Å². The Balaban J connectivity index is 1.87. The molecule has 1 aromatic carbocycles. The molecule has 2 heteroatoms. The average Bonchev–Trinajstić information content (AvgIpc) is 2.86. The Bertz CT molecular complexity index is 298. The van der Waals surface area contributed by atoms with Gasteiger partial charge in [0.25, 0.3) is 0 Å². The van der Waals surface area contributed by atoms with Crippen molar-refractivity contribution in [1.82, 2.24) is 0 Å². The normalized spacial score (nSPS) is 15.6. The lowest BCUT2D eigenvalue weighted by molar-refractivity contribution is 0.627. The number of anilines is 1. The van der Waals surface area contributed by atoms with E-state index in [-0.39, 0.29) is 5.82 Å². The maximum Gasteiger partial charge on any atom is 0.125 e. The lowest BCUT2D eigenvalue weighted by atomic mass is 10.2. The smallest absolute Gasteiger partial charge is 0.125 e. The third-order valence-corrected chi connectivity index (χ3v) is 2.62. The molecule has 0 unspecified atom stereocenters. The highest BCUT2D eigenvalue weighted by Crippen LogP contribution is 2.32. The molecule has 1 aliphatic carbocycles. The van der Waals surface area contributed by atoms with Gasteiger partial charge in [-0.15, -0.1) is 0 Å². The SMILES string of the molecule is Cc1cc(F)cc(NCCC2CC2)c1. The second-order valence-corrected chi connectivity index (χ2v) is 4.18. The van der Waals surface area contributed by atoms with E-state index in [1.54, 1.807) is 12.1 Å². The fourth-order valence-electron chi connectivity index (χ4n) is 1.67. The number of hydrogen-bond acceptors (Lipinski definition) is 1. The first-order valence-electron chi connectivity index (χ1n) is 5.25. The van der Waals surface area contributed by atoms with Crippen molar-refractivity contribution in [3.05, 3.63) is 29.6 Å². The van der Waals surface area contributed by atoms with Crippen LogP contribution in [0.5, 0.6) is 0 Å². The summed E-state index contributed by atoms with van der Waals surface area (Å²) in [6.07, 6.45) is 3.98. The summed E-state index contributed by atoms with van der Waals surface area (Å²) >= 11 is 0. The van der Waals surface area contributed by atoms with Crippen LogP contribution in [0.3, 0.4) is 0 Å². The fourth-order valence-corrected chi connectivity index (χ4v) is 1.67. The Morgan fingerprint density at radius 1 is 1.36 bits per heavy atom. The molecule has 76 valence electrons. The first kappa shape index (κ1) is 9.50. The highest BCUT2D eigenvalue weighted by Gasteiger charge is 2.20. The summed E-state index contributed by atoms with van der Waals surface area (Å²) in [5.74, 6) is 0.774. The van der Waals surface area contributed by atoms with Crippen LogP contribution in [-0.2, 0) is 0 Å². The van der Waals surface area contributed by atoms with E-state index >= 15 is 0 Å². The van der Waals surface area contributed by atoms with E-state index in [2.05, 4.69) is 5.32 Å². The molecule has 0 spiro atoms. The predicted octanol–water partition coefficient (Wildman–Crippen LogP) is 3.35. The highest BCUT2D eigenvalue weighted by atomic mass is 19.1. The Morgan fingerprint density at radius 3 is 2.79 bits per heavy atom. The molecule has 14 heavy (non-hydrogen) atoms. The average molecular weight is 193 g/mol. The molecular formula is C12H16FN. The van der Waals surface area contributed by atoms with Gasteiger partial charge in [-0.2, -0.15) is 0 Å². The summed E-state index contributed by atoms with van der Waals surface area (Å²) < 4.78 is 13.0. The minimum absolute atomic E-state index is 0.154. The van der Waals surface area contributed by atoms with E-state index in [0.29, 0.717) is 0 Å². The molecule has 1 fully saturated rings. The summed E-state index contributed by atoms with van der Waals surface area (Å²) in [7, 11) is 0. The van der Waals surface area contributed by atoms with Crippen LogP contribution >= 0.6 is 0 Å². The zero-order chi connectivity index (χ0) is 9.97. The maximum atomic E-state index is 13.0. The molecule has 1 aromatic rings. The van der Waals surface area contributed by atoms with Crippen molar-refractivity contribution in [3.63, 3.8) is 0 Å². The van der Waals surface area contributed by atoms with Gasteiger partial charge in [0, 0.05) is 12.2 Å². The molecule has 0 atom stereocenters. The Morgan fingerprint density at radius 2 is 2.14 bits per heavy atom. The van der Waals surface area contributed by atoms with Gasteiger partial charge < -0.3 is 5.32 Å². The first-order chi connectivity index (χ1) is 6.74. The largest absolute Gasteiger partial charge is 0.385 e. The van der Waals surface area contributed by atoms with Crippen LogP contribution in [0.2, 0.25) is 0 Å². The molecule has 1 N–H and O–H groups in total. The fraction of sp³-hybridized carbons (Fsp3) is 0.500. The maximum absolute atomic E-state index is 13.0. The van der Waals surface area contributed by atoms with Gasteiger partial charge in [0.05, 0.1) is 0 Å². The molecule has 2 rings (SSSR count). The van der Waals surface area contributed by atoms with Crippen molar-refractivity contribution in [2.24, 2.45) is 5.92 Å². The van der Waals surface area contributed by atoms with Crippen molar-refractivity contribution in [2.75, 3.05) is 11.9 Å². The van der Waals surface area contributed by atoms with Crippen molar-refractivity contribution < 1.29 is 4.39 Å². The second-order valence-electron chi connectivity index (χ2n) is 4.18. The van der Waals surface area contributed by atoms with Gasteiger partial charge in [-0.3, -0.25) is 0 Å². The zero-order valence-electron chi connectivity index (χ0n) is 8.52. The van der Waals surface area contributed by atoms with E-state index in [1.165, 1.54) is 19.3 Å². The lowest BCUT2D eigenvalue weighted by Crippen LogP contribution is -2.02. The van der Waals surface area contributed by atoms with E-state index in [0.717, 1.165) is 23.7 Å². The molecule has 0 aliphatic heterocycles. The van der Waals surface area contributed by atoms with Gasteiger partial charge in [0.15, 0.2) is 0 Å². The van der Waals surface area contributed by atoms with Crippen molar-refractivity contribution >= 4 is 5.69 Å². The molecule has 0 heterocycles. The Hall–Kier alpha value is -1.05. The van der Waals surface area contributed by atoms with E-state index < -0.39 is 0 Å². The molecular weight excluding hydrogens is 177 g/mol. The number of rotatable bonds is 4. The van der Waals surface area contributed by atoms with Gasteiger partial charge in [-0.1, -0.05) is 12.8 Å². The third kappa shape index (κ3) is 2.72. The van der Waals surface area contributed by atoms with E-state index in [1.807, 2.05) is 13.0 Å². The Labute approximate surface area is 84.3 Å². The van der Waals surface area contributed by atoms with Crippen molar-refractivity contribution in [1.29, 1.82) is 0 Å². The minimum atomic E-state index is -0.154. The summed E-state index contributed by atoms with van der Waals surface area (Å²) in [6.45, 7) is 2.88. The van der Waals surface area contributed by atoms with Gasteiger partial charge in [-0.05, 0) is 43.0 Å². The van der Waals surface area contributed by atoms with Gasteiger partial charge in [-0.25, -0.2) is 4.39 Å². The van der Waals surface area contributed by atoms with Gasteiger partial charge in [0.1, 0.15) is 5.82 Å². The molecule has 0 radical (unpaired) electrons. The van der Waals surface area contributed by atoms with Gasteiger partial charge >= 0.3 is 0 Å². The topological polar surface area (TPSA) is 12.0 Å². The molecule has 0 aromatic heterocycles. The van der Waals surface area contributed by atoms with Crippen molar-refractivity contribution in [2.45, 2.75) is 26.2 Å². The van der Waals surface area contributed by atoms with E-state index in [9.17, 15) is 4.39 Å². The number of nitrogens with one attached hydrogen (secondary N) is 1. The predicted molar refractivity (Wildman–Crippen MR) is 57.0 cm³/mol.